The van der Waals surface area contributed by atoms with Crippen LogP contribution in [0.25, 0.3) is 0 Å². The van der Waals surface area contributed by atoms with E-state index in [-0.39, 0.29) is 11.7 Å². The van der Waals surface area contributed by atoms with Crippen molar-refractivity contribution in [1.29, 1.82) is 5.26 Å². The minimum atomic E-state index is -1.15. The van der Waals surface area contributed by atoms with Crippen molar-refractivity contribution < 1.29 is 15.0 Å². The first-order chi connectivity index (χ1) is 11.9. The van der Waals surface area contributed by atoms with Crippen LogP contribution in [-0.2, 0) is 5.60 Å². The van der Waals surface area contributed by atoms with Crippen LogP contribution in [0.2, 0.25) is 5.02 Å². The lowest BCUT2D eigenvalue weighted by atomic mass is 9.88. The molecule has 0 unspecified atom stereocenters. The Morgan fingerprint density at radius 3 is 2.76 bits per heavy atom. The Bertz CT molecular complexity index is 863. The van der Waals surface area contributed by atoms with Gasteiger partial charge in [-0.05, 0) is 37.6 Å². The zero-order chi connectivity index (χ0) is 18.2. The van der Waals surface area contributed by atoms with Crippen LogP contribution in [0.15, 0.2) is 36.5 Å². The molecule has 1 aliphatic rings. The molecule has 2 heterocycles. The molecule has 2 N–H and O–H groups in total. The SMILES string of the molecule is C[C@@H]1N(c2ccc(C#N)c(Cl)c2)CC[C@@]1(O)c1ccc(C(=O)O)nc1. The number of hydrogen-bond donors (Lipinski definition) is 2. The fraction of sp³-hybridized carbons (Fsp3) is 0.278. The summed E-state index contributed by atoms with van der Waals surface area (Å²) in [6.45, 7) is 2.49. The van der Waals surface area contributed by atoms with Crippen molar-refractivity contribution in [3.63, 3.8) is 0 Å². The number of benzene rings is 1. The summed E-state index contributed by atoms with van der Waals surface area (Å²) in [5, 5.41) is 29.4. The van der Waals surface area contributed by atoms with Crippen molar-refractivity contribution in [2.75, 3.05) is 11.4 Å². The van der Waals surface area contributed by atoms with Crippen molar-refractivity contribution in [1.82, 2.24) is 4.98 Å². The number of aliphatic hydroxyl groups is 1. The smallest absolute Gasteiger partial charge is 0.354 e. The lowest BCUT2D eigenvalue weighted by Gasteiger charge is -2.32. The summed E-state index contributed by atoms with van der Waals surface area (Å²) in [6, 6.07) is 9.93. The molecular formula is C18H16ClN3O3. The summed E-state index contributed by atoms with van der Waals surface area (Å²) in [6.07, 6.45) is 1.88. The molecule has 6 nitrogen and oxygen atoms in total. The summed E-state index contributed by atoms with van der Waals surface area (Å²) >= 11 is 6.11. The quantitative estimate of drug-likeness (QED) is 0.876. The lowest BCUT2D eigenvalue weighted by Crippen LogP contribution is -2.40. The van der Waals surface area contributed by atoms with Gasteiger partial charge in [0, 0.05) is 24.0 Å². The topological polar surface area (TPSA) is 97.5 Å². The van der Waals surface area contributed by atoms with Crippen LogP contribution in [0.4, 0.5) is 5.69 Å². The van der Waals surface area contributed by atoms with E-state index < -0.39 is 11.6 Å². The van der Waals surface area contributed by atoms with E-state index in [2.05, 4.69) is 4.98 Å². The molecule has 1 aromatic carbocycles. The van der Waals surface area contributed by atoms with E-state index in [0.717, 1.165) is 5.69 Å². The first-order valence-electron chi connectivity index (χ1n) is 7.75. The molecule has 0 amide bonds. The highest BCUT2D eigenvalue weighted by atomic mass is 35.5. The third kappa shape index (κ3) is 2.93. The maximum atomic E-state index is 11.1. The maximum absolute atomic E-state index is 11.1. The minimum Gasteiger partial charge on any atom is -0.477 e. The predicted molar refractivity (Wildman–Crippen MR) is 92.7 cm³/mol. The van der Waals surface area contributed by atoms with Gasteiger partial charge >= 0.3 is 5.97 Å². The van der Waals surface area contributed by atoms with Gasteiger partial charge in [0.25, 0.3) is 0 Å². The summed E-state index contributed by atoms with van der Waals surface area (Å²) < 4.78 is 0. The largest absolute Gasteiger partial charge is 0.477 e. The van der Waals surface area contributed by atoms with Crippen LogP contribution in [0.1, 0.15) is 35.0 Å². The molecule has 1 aliphatic heterocycles. The Hall–Kier alpha value is -2.62. The number of rotatable bonds is 3. The van der Waals surface area contributed by atoms with Gasteiger partial charge in [-0.1, -0.05) is 17.7 Å². The molecule has 2 aromatic rings. The number of nitrogens with zero attached hydrogens (tertiary/aromatic N) is 3. The average Bonchev–Trinajstić information content (AvgIpc) is 2.91. The highest BCUT2D eigenvalue weighted by Crippen LogP contribution is 2.40. The Balaban J connectivity index is 1.90. The second kappa shape index (κ2) is 6.36. The normalized spacial score (nSPS) is 22.6. The fourth-order valence-corrected chi connectivity index (χ4v) is 3.46. The van der Waals surface area contributed by atoms with Gasteiger partial charge in [0.05, 0.1) is 16.6 Å². The van der Waals surface area contributed by atoms with E-state index in [0.29, 0.717) is 29.1 Å². The van der Waals surface area contributed by atoms with Gasteiger partial charge in [-0.2, -0.15) is 5.26 Å². The van der Waals surface area contributed by atoms with E-state index in [1.807, 2.05) is 17.9 Å². The zero-order valence-corrected chi connectivity index (χ0v) is 14.2. The van der Waals surface area contributed by atoms with Crippen LogP contribution in [0.3, 0.4) is 0 Å². The average molecular weight is 358 g/mol. The summed E-state index contributed by atoms with van der Waals surface area (Å²) in [5.74, 6) is -1.10. The van der Waals surface area contributed by atoms with Crippen LogP contribution in [0.5, 0.6) is 0 Å². The van der Waals surface area contributed by atoms with Crippen molar-refractivity contribution in [3.05, 3.63) is 58.4 Å². The van der Waals surface area contributed by atoms with E-state index >= 15 is 0 Å². The van der Waals surface area contributed by atoms with Crippen LogP contribution >= 0.6 is 11.6 Å². The van der Waals surface area contributed by atoms with Gasteiger partial charge in [-0.3, -0.25) is 0 Å². The highest BCUT2D eigenvalue weighted by molar-refractivity contribution is 6.32. The molecule has 1 aromatic heterocycles. The van der Waals surface area contributed by atoms with Crippen LogP contribution in [-0.4, -0.2) is 33.8 Å². The molecule has 2 atom stereocenters. The molecule has 7 heteroatoms. The Kier molecular flexibility index (Phi) is 4.38. The Labute approximate surface area is 149 Å². The minimum absolute atomic E-state index is 0.0614. The fourth-order valence-electron chi connectivity index (χ4n) is 3.24. The number of hydrogen-bond acceptors (Lipinski definition) is 5. The molecule has 0 saturated carbocycles. The number of anilines is 1. The molecule has 0 aliphatic carbocycles. The first kappa shape index (κ1) is 17.2. The summed E-state index contributed by atoms with van der Waals surface area (Å²) in [5.41, 5.74) is 0.592. The Morgan fingerprint density at radius 2 is 2.20 bits per heavy atom. The molecule has 0 bridgehead atoms. The van der Waals surface area contributed by atoms with Gasteiger partial charge < -0.3 is 15.1 Å². The van der Waals surface area contributed by atoms with Crippen molar-refractivity contribution in [2.45, 2.75) is 25.0 Å². The third-order valence-electron chi connectivity index (χ3n) is 4.78. The van der Waals surface area contributed by atoms with Crippen molar-refractivity contribution >= 4 is 23.3 Å². The number of nitriles is 1. The van der Waals surface area contributed by atoms with E-state index in [1.54, 1.807) is 24.3 Å². The van der Waals surface area contributed by atoms with Gasteiger partial charge in [0.2, 0.25) is 0 Å². The standard InChI is InChI=1S/C18H16ClN3O3/c1-11-18(25,13-3-5-16(17(23)24)21-10-13)6-7-22(11)14-4-2-12(9-20)15(19)8-14/h2-5,8,10-11,25H,6-7H2,1H3,(H,23,24)/t11-,18-/m0/s1. The van der Waals surface area contributed by atoms with Crippen molar-refractivity contribution in [2.24, 2.45) is 0 Å². The highest BCUT2D eigenvalue weighted by Gasteiger charge is 2.45. The first-order valence-corrected chi connectivity index (χ1v) is 8.13. The van der Waals surface area contributed by atoms with Gasteiger partial charge in [0.1, 0.15) is 17.4 Å². The van der Waals surface area contributed by atoms with Crippen LogP contribution < -0.4 is 4.90 Å². The summed E-state index contributed by atoms with van der Waals surface area (Å²) in [7, 11) is 0. The lowest BCUT2D eigenvalue weighted by molar-refractivity contribution is 0.0325. The molecule has 0 radical (unpaired) electrons. The Morgan fingerprint density at radius 1 is 1.44 bits per heavy atom. The van der Waals surface area contributed by atoms with E-state index in [4.69, 9.17) is 22.0 Å². The predicted octanol–water partition coefficient (Wildman–Crippen LogP) is 2.79. The van der Waals surface area contributed by atoms with Crippen LogP contribution in [0, 0.1) is 11.3 Å². The molecule has 3 rings (SSSR count). The zero-order valence-electron chi connectivity index (χ0n) is 13.5. The number of aromatic nitrogens is 1. The number of carboxylic acid groups (broad SMARTS) is 1. The third-order valence-corrected chi connectivity index (χ3v) is 5.09. The molecule has 0 spiro atoms. The number of carboxylic acids is 1. The second-order valence-electron chi connectivity index (χ2n) is 6.06. The number of carbonyl (C=O) groups is 1. The molecule has 25 heavy (non-hydrogen) atoms. The molecule has 128 valence electrons. The van der Waals surface area contributed by atoms with Gasteiger partial charge in [-0.25, -0.2) is 9.78 Å². The number of halogens is 1. The molecular weight excluding hydrogens is 342 g/mol. The van der Waals surface area contributed by atoms with Gasteiger partial charge in [-0.15, -0.1) is 0 Å². The maximum Gasteiger partial charge on any atom is 0.354 e. The number of pyridine rings is 1. The second-order valence-corrected chi connectivity index (χ2v) is 6.46. The van der Waals surface area contributed by atoms with Crippen molar-refractivity contribution in [3.8, 4) is 6.07 Å². The number of aromatic carboxylic acids is 1. The molecule has 1 saturated heterocycles. The molecule has 1 fully saturated rings. The van der Waals surface area contributed by atoms with E-state index in [1.165, 1.54) is 12.3 Å². The monoisotopic (exact) mass is 357 g/mol. The van der Waals surface area contributed by atoms with Gasteiger partial charge in [0.15, 0.2) is 0 Å². The summed E-state index contributed by atoms with van der Waals surface area (Å²) in [4.78, 5) is 16.8. The van der Waals surface area contributed by atoms with E-state index in [9.17, 15) is 9.90 Å².